The first kappa shape index (κ1) is 46.4. The zero-order chi connectivity index (χ0) is 46.7. The van der Waals surface area contributed by atoms with E-state index in [0.717, 1.165) is 43.9 Å². The second-order valence-corrected chi connectivity index (χ2v) is 18.0. The molecule has 0 fully saturated rings. The van der Waals surface area contributed by atoms with Crippen LogP contribution in [0.2, 0.25) is 5.28 Å². The molecule has 1 N–H and O–H groups in total. The number of nitrogens with zero attached hydrogens (tertiary/aromatic N) is 9. The van der Waals surface area contributed by atoms with E-state index >= 15 is 0 Å². The number of ether oxygens (including phenoxy) is 3. The van der Waals surface area contributed by atoms with Gasteiger partial charge in [-0.3, -0.25) is 0 Å². The summed E-state index contributed by atoms with van der Waals surface area (Å²) < 4.78 is 24.1. The van der Waals surface area contributed by atoms with Crippen LogP contribution in [0.4, 0.5) is 37.4 Å². The van der Waals surface area contributed by atoms with E-state index in [1.807, 2.05) is 91.8 Å². The summed E-state index contributed by atoms with van der Waals surface area (Å²) in [7, 11) is 0. The number of halogens is 1. The fourth-order valence-electron chi connectivity index (χ4n) is 5.96. The highest BCUT2D eigenvalue weighted by Crippen LogP contribution is 2.33. The monoisotopic (exact) mass is 890 g/mol. The van der Waals surface area contributed by atoms with Gasteiger partial charge in [-0.2, -0.15) is 24.5 Å². The molecule has 0 radical (unpaired) electrons. The standard InChI is InChI=1S/C26H33N5O4.C20H18ClN5O3/c1-16-17(2)28-18(3)29-22(16)31(24(33)35-26(7,8)9)21-12-10-19(11-13-21)20-14-27-30(15-20)23(32)34-25(4,5)6;1-20(2,3)29-19(27)26-11-13(10-22-26)12-4-6-14(7-5-12)23-17-16-15(8-9-28-16)24-18(21)25-17/h10-15H,1-9H3;4-11H,1-3H3,(H,23,24,25). The molecular weight excluding hydrogens is 840 g/mol. The topological polar surface area (TPSA) is 195 Å². The molecule has 0 aliphatic heterocycles. The fourth-order valence-corrected chi connectivity index (χ4v) is 6.13. The number of anilines is 4. The first-order chi connectivity index (χ1) is 29.9. The minimum Gasteiger partial charge on any atom is -0.459 e. The SMILES string of the molecule is CC(C)(C)OC(=O)n1cc(-c2ccc(Nc3nc(Cl)nc4ccoc34)cc2)cn1.Cc1nc(C)c(C)c(N(C(=O)OC(C)(C)C)c2ccc(-c3cnn(C(=O)OC(C)(C)C)c3)cc2)n1. The average molecular weight is 891 g/mol. The molecule has 7 rings (SSSR count). The number of carbonyl (C=O) groups is 3. The van der Waals surface area contributed by atoms with Crippen molar-refractivity contribution in [3.05, 3.63) is 108 Å². The molecule has 0 saturated heterocycles. The highest BCUT2D eigenvalue weighted by atomic mass is 35.5. The van der Waals surface area contributed by atoms with Crippen LogP contribution in [0.5, 0.6) is 0 Å². The van der Waals surface area contributed by atoms with Gasteiger partial charge in [0.25, 0.3) is 0 Å². The first-order valence-corrected chi connectivity index (χ1v) is 20.6. The van der Waals surface area contributed by atoms with E-state index in [1.54, 1.807) is 70.7 Å². The normalized spacial score (nSPS) is 11.7. The summed E-state index contributed by atoms with van der Waals surface area (Å²) in [5.74, 6) is 1.51. The maximum Gasteiger partial charge on any atom is 0.435 e. The van der Waals surface area contributed by atoms with Gasteiger partial charge in [0.15, 0.2) is 11.4 Å². The van der Waals surface area contributed by atoms with Crippen LogP contribution in [-0.4, -0.2) is 74.6 Å². The molecule has 0 saturated carbocycles. The number of aryl methyl sites for hydroxylation is 2. The van der Waals surface area contributed by atoms with Crippen LogP contribution < -0.4 is 10.2 Å². The molecule has 0 bridgehead atoms. The maximum absolute atomic E-state index is 13.3. The van der Waals surface area contributed by atoms with E-state index < -0.39 is 35.1 Å². The van der Waals surface area contributed by atoms with E-state index in [0.29, 0.717) is 34.2 Å². The third-order valence-electron chi connectivity index (χ3n) is 8.81. The Bertz CT molecular complexity index is 2790. The highest BCUT2D eigenvalue weighted by molar-refractivity contribution is 6.28. The Labute approximate surface area is 375 Å². The first-order valence-electron chi connectivity index (χ1n) is 20.2. The Balaban J connectivity index is 0.000000216. The predicted octanol–water partition coefficient (Wildman–Crippen LogP) is 11.4. The second kappa shape index (κ2) is 18.3. The summed E-state index contributed by atoms with van der Waals surface area (Å²) in [6, 6.07) is 16.6. The van der Waals surface area contributed by atoms with Crippen molar-refractivity contribution in [2.45, 2.75) is 99.9 Å². The summed E-state index contributed by atoms with van der Waals surface area (Å²) in [4.78, 5) is 56.3. The van der Waals surface area contributed by atoms with Crippen molar-refractivity contribution in [3.63, 3.8) is 0 Å². The highest BCUT2D eigenvalue weighted by Gasteiger charge is 2.28. The number of hydrogen-bond donors (Lipinski definition) is 1. The number of hydrogen-bond acceptors (Lipinski definition) is 14. The molecule has 0 aliphatic rings. The molecule has 7 aromatic rings. The van der Waals surface area contributed by atoms with Gasteiger partial charge in [0.2, 0.25) is 5.28 Å². The largest absolute Gasteiger partial charge is 0.459 e. The van der Waals surface area contributed by atoms with Crippen molar-refractivity contribution < 1.29 is 33.0 Å². The lowest BCUT2D eigenvalue weighted by molar-refractivity contribution is 0.0503. The predicted molar refractivity (Wildman–Crippen MR) is 243 cm³/mol. The fraction of sp³-hybridized carbons (Fsp3) is 0.326. The number of benzene rings is 2. The smallest absolute Gasteiger partial charge is 0.435 e. The molecule has 5 heterocycles. The molecule has 334 valence electrons. The number of aromatic nitrogens is 8. The quantitative estimate of drug-likeness (QED) is 0.122. The number of rotatable bonds is 6. The minimum atomic E-state index is -0.684. The third-order valence-corrected chi connectivity index (χ3v) is 8.97. The molecule has 1 amide bonds. The van der Waals surface area contributed by atoms with Crippen molar-refractivity contribution in [2.75, 3.05) is 10.2 Å². The molecular formula is C46H51ClN10O7. The number of amides is 1. The molecule has 18 heteroatoms. The average Bonchev–Trinajstić information content (AvgIpc) is 3.98. The number of nitrogens with one attached hydrogen (secondary N) is 1. The van der Waals surface area contributed by atoms with Gasteiger partial charge in [-0.05, 0) is 130 Å². The Kier molecular flexibility index (Phi) is 13.3. The van der Waals surface area contributed by atoms with E-state index in [4.69, 9.17) is 30.2 Å². The van der Waals surface area contributed by atoms with E-state index in [1.165, 1.54) is 15.8 Å². The van der Waals surface area contributed by atoms with Crippen LogP contribution in [0.15, 0.2) is 90.1 Å². The van der Waals surface area contributed by atoms with Crippen LogP contribution in [0.3, 0.4) is 0 Å². The van der Waals surface area contributed by atoms with E-state index in [-0.39, 0.29) is 5.28 Å². The van der Waals surface area contributed by atoms with Gasteiger partial charge >= 0.3 is 18.3 Å². The lowest BCUT2D eigenvalue weighted by atomic mass is 10.1. The Morgan fingerprint density at radius 3 is 1.69 bits per heavy atom. The van der Waals surface area contributed by atoms with Gasteiger partial charge in [-0.25, -0.2) is 34.2 Å². The molecule has 0 atom stereocenters. The van der Waals surface area contributed by atoms with Gasteiger partial charge in [0.05, 0.1) is 24.3 Å². The Hall–Kier alpha value is -7.14. The van der Waals surface area contributed by atoms with Crippen LogP contribution in [-0.2, 0) is 14.2 Å². The van der Waals surface area contributed by atoms with Gasteiger partial charge in [0.1, 0.15) is 34.0 Å². The molecule has 5 aromatic heterocycles. The minimum absolute atomic E-state index is 0.132. The van der Waals surface area contributed by atoms with Crippen LogP contribution in [0, 0.1) is 20.8 Å². The zero-order valence-electron chi connectivity index (χ0n) is 37.8. The summed E-state index contributed by atoms with van der Waals surface area (Å²) in [6.45, 7) is 21.8. The van der Waals surface area contributed by atoms with Crippen molar-refractivity contribution in [2.24, 2.45) is 0 Å². The van der Waals surface area contributed by atoms with Crippen molar-refractivity contribution in [1.29, 1.82) is 0 Å². The van der Waals surface area contributed by atoms with Crippen molar-refractivity contribution >= 4 is 64.0 Å². The van der Waals surface area contributed by atoms with E-state index in [2.05, 4.69) is 35.5 Å². The summed E-state index contributed by atoms with van der Waals surface area (Å²) >= 11 is 5.97. The Morgan fingerprint density at radius 2 is 1.17 bits per heavy atom. The van der Waals surface area contributed by atoms with E-state index in [9.17, 15) is 14.4 Å². The van der Waals surface area contributed by atoms with Gasteiger partial charge in [-0.1, -0.05) is 24.3 Å². The van der Waals surface area contributed by atoms with Crippen LogP contribution >= 0.6 is 11.6 Å². The summed E-state index contributed by atoms with van der Waals surface area (Å²) in [5.41, 5.74) is 5.45. The molecule has 0 aliphatic carbocycles. The summed E-state index contributed by atoms with van der Waals surface area (Å²) in [5, 5.41) is 11.5. The molecule has 2 aromatic carbocycles. The van der Waals surface area contributed by atoms with Crippen LogP contribution in [0.25, 0.3) is 33.4 Å². The molecule has 0 unspecified atom stereocenters. The summed E-state index contributed by atoms with van der Waals surface area (Å²) in [6.07, 6.45) is 6.36. The number of furan rings is 1. The number of fused-ring (bicyclic) bond motifs is 1. The molecule has 64 heavy (non-hydrogen) atoms. The van der Waals surface area contributed by atoms with Gasteiger partial charge < -0.3 is 23.9 Å². The lowest BCUT2D eigenvalue weighted by Crippen LogP contribution is -2.35. The Morgan fingerprint density at radius 1 is 0.656 bits per heavy atom. The molecule has 17 nitrogen and oxygen atoms in total. The van der Waals surface area contributed by atoms with Gasteiger partial charge in [-0.15, -0.1) is 0 Å². The van der Waals surface area contributed by atoms with Crippen LogP contribution in [0.1, 0.15) is 79.4 Å². The third kappa shape index (κ3) is 11.9. The lowest BCUT2D eigenvalue weighted by Gasteiger charge is -2.28. The van der Waals surface area contributed by atoms with Gasteiger partial charge in [0, 0.05) is 46.5 Å². The zero-order valence-corrected chi connectivity index (χ0v) is 38.6. The second-order valence-electron chi connectivity index (χ2n) is 17.7. The number of carbonyl (C=O) groups excluding carboxylic acids is 3. The van der Waals surface area contributed by atoms with Crippen molar-refractivity contribution in [1.82, 2.24) is 39.5 Å². The molecule has 0 spiro atoms. The maximum atomic E-state index is 13.3. The van der Waals surface area contributed by atoms with Crippen molar-refractivity contribution in [3.8, 4) is 22.3 Å².